The van der Waals surface area contributed by atoms with E-state index >= 15 is 0 Å². The van der Waals surface area contributed by atoms with E-state index in [2.05, 4.69) is 52.1 Å². The van der Waals surface area contributed by atoms with E-state index in [-0.39, 0.29) is 18.0 Å². The number of amides is 1. The average Bonchev–Trinajstić information content (AvgIpc) is 3.62. The first-order valence-electron chi connectivity index (χ1n) is 16.1. The van der Waals surface area contributed by atoms with Gasteiger partial charge in [-0.1, -0.05) is 12.1 Å². The molecule has 4 aromatic rings. The van der Waals surface area contributed by atoms with Gasteiger partial charge in [0.25, 0.3) is 0 Å². The van der Waals surface area contributed by atoms with Crippen LogP contribution in [0.3, 0.4) is 0 Å². The van der Waals surface area contributed by atoms with Gasteiger partial charge in [0.15, 0.2) is 11.6 Å². The largest absolute Gasteiger partial charge is 0.336 e. The van der Waals surface area contributed by atoms with Crippen LogP contribution >= 0.6 is 0 Å². The first-order valence-corrected chi connectivity index (χ1v) is 16.1. The maximum absolute atomic E-state index is 14.7. The molecule has 2 saturated carbocycles. The molecule has 8 nitrogen and oxygen atoms in total. The van der Waals surface area contributed by atoms with Gasteiger partial charge in [0.1, 0.15) is 5.52 Å². The number of likely N-dealkylation sites (tertiary alicyclic amines) is 1. The molecule has 3 fully saturated rings. The average molecular weight is 594 g/mol. The van der Waals surface area contributed by atoms with Crippen LogP contribution in [-0.2, 0) is 10.2 Å². The summed E-state index contributed by atoms with van der Waals surface area (Å²) in [4.78, 5) is 32.4. The number of hydrogen-bond acceptors (Lipinski definition) is 6. The number of aromatic nitrogens is 4. The Labute approximate surface area is 257 Å². The Bertz CT molecular complexity index is 1760. The third-order valence-corrected chi connectivity index (χ3v) is 10.7. The fourth-order valence-corrected chi connectivity index (χ4v) is 8.21. The van der Waals surface area contributed by atoms with E-state index in [0.717, 1.165) is 58.2 Å². The zero-order valence-corrected chi connectivity index (χ0v) is 25.9. The predicted octanol–water partition coefficient (Wildman–Crippen LogP) is 6.84. The van der Waals surface area contributed by atoms with E-state index < -0.39 is 11.2 Å². The second kappa shape index (κ2) is 10.1. The minimum absolute atomic E-state index is 0.142. The van der Waals surface area contributed by atoms with Crippen molar-refractivity contribution in [2.75, 3.05) is 23.3 Å². The predicted molar refractivity (Wildman–Crippen MR) is 171 cm³/mol. The third-order valence-electron chi connectivity index (χ3n) is 10.7. The molecule has 2 aliphatic heterocycles. The molecule has 1 amide bonds. The van der Waals surface area contributed by atoms with Gasteiger partial charge in [-0.15, -0.1) is 0 Å². The second-order valence-corrected chi connectivity index (χ2v) is 14.3. The first kappa shape index (κ1) is 27.7. The fourth-order valence-electron chi connectivity index (χ4n) is 8.21. The number of nitrogens with zero attached hydrogens (tertiary/aromatic N) is 6. The number of imidazole rings is 1. The number of nitrogens with one attached hydrogen (secondary N) is 1. The van der Waals surface area contributed by atoms with E-state index in [9.17, 15) is 9.18 Å². The van der Waals surface area contributed by atoms with Crippen LogP contribution in [0.5, 0.6) is 0 Å². The minimum Gasteiger partial charge on any atom is -0.336 e. The Hall–Kier alpha value is -3.85. The minimum atomic E-state index is -0.581. The molecular weight excluding hydrogens is 553 g/mol. The smallest absolute Gasteiger partial charge is 0.237 e. The number of piperidine rings is 1. The third kappa shape index (κ3) is 4.34. The molecule has 3 aromatic heterocycles. The number of halogens is 1. The van der Waals surface area contributed by atoms with Crippen LogP contribution in [0, 0.1) is 17.7 Å². The number of anilines is 3. The topological polar surface area (TPSA) is 79.2 Å². The number of hydrogen-bond donors (Lipinski definition) is 1. The van der Waals surface area contributed by atoms with E-state index in [1.54, 1.807) is 18.6 Å². The molecule has 0 radical (unpaired) electrons. The highest BCUT2D eigenvalue weighted by molar-refractivity contribution is 6.08. The molecule has 0 spiro atoms. The number of carbonyl (C=O) groups excluding carboxylic acids is 1. The molecule has 9 heteroatoms. The molecule has 2 bridgehead atoms. The van der Waals surface area contributed by atoms with Crippen LogP contribution < -0.4 is 10.2 Å². The lowest BCUT2D eigenvalue weighted by Crippen LogP contribution is -2.58. The normalized spacial score (nSPS) is 26.0. The number of pyridine rings is 2. The zero-order chi connectivity index (χ0) is 30.3. The van der Waals surface area contributed by atoms with Crippen molar-refractivity contribution in [2.45, 2.75) is 83.3 Å². The molecule has 2 atom stereocenters. The molecule has 228 valence electrons. The molecule has 1 N–H and O–H groups in total. The molecule has 8 rings (SSSR count). The van der Waals surface area contributed by atoms with Crippen molar-refractivity contribution in [3.63, 3.8) is 0 Å². The maximum Gasteiger partial charge on any atom is 0.237 e. The van der Waals surface area contributed by atoms with Crippen LogP contribution in [0.15, 0.2) is 49.1 Å². The molecule has 1 saturated heterocycles. The first-order chi connectivity index (χ1) is 21.2. The molecule has 4 aliphatic rings. The van der Waals surface area contributed by atoms with Crippen molar-refractivity contribution in [3.8, 4) is 11.3 Å². The highest BCUT2D eigenvalue weighted by Crippen LogP contribution is 2.49. The van der Waals surface area contributed by atoms with Gasteiger partial charge >= 0.3 is 0 Å². The van der Waals surface area contributed by atoms with E-state index in [4.69, 9.17) is 9.97 Å². The van der Waals surface area contributed by atoms with Crippen LogP contribution in [0.2, 0.25) is 0 Å². The van der Waals surface area contributed by atoms with Crippen molar-refractivity contribution in [2.24, 2.45) is 11.8 Å². The van der Waals surface area contributed by atoms with Gasteiger partial charge in [-0.25, -0.2) is 14.4 Å². The lowest BCUT2D eigenvalue weighted by molar-refractivity contribution is -0.123. The van der Waals surface area contributed by atoms with Crippen LogP contribution in [0.25, 0.3) is 22.3 Å². The Balaban J connectivity index is 1.14. The Morgan fingerprint density at radius 1 is 1.02 bits per heavy atom. The Morgan fingerprint density at radius 3 is 2.52 bits per heavy atom. The van der Waals surface area contributed by atoms with Gasteiger partial charge in [-0.2, -0.15) is 0 Å². The summed E-state index contributed by atoms with van der Waals surface area (Å²) in [5.74, 6) is 2.00. The van der Waals surface area contributed by atoms with Gasteiger partial charge in [-0.3, -0.25) is 14.7 Å². The quantitative estimate of drug-likeness (QED) is 0.264. The lowest BCUT2D eigenvalue weighted by Gasteiger charge is -2.49. The van der Waals surface area contributed by atoms with Crippen molar-refractivity contribution >= 4 is 34.1 Å². The van der Waals surface area contributed by atoms with Gasteiger partial charge in [-0.05, 0) is 95.4 Å². The summed E-state index contributed by atoms with van der Waals surface area (Å²) in [6.07, 6.45) is 10.8. The molecule has 1 aromatic carbocycles. The monoisotopic (exact) mass is 593 g/mol. The Kier molecular flexibility index (Phi) is 6.35. The van der Waals surface area contributed by atoms with Crippen molar-refractivity contribution in [1.29, 1.82) is 0 Å². The SMILES string of the molecule is CC(C)n1cnc2cc(-c3ccc4c(c3)N(C3CC(N5CC6CCC(C6)C5)C3)C(=O)C4(C)C)nc(Nc3ccncc3F)c21. The van der Waals surface area contributed by atoms with Gasteiger partial charge in [0.05, 0.1) is 34.8 Å². The van der Waals surface area contributed by atoms with Crippen molar-refractivity contribution < 1.29 is 9.18 Å². The Morgan fingerprint density at radius 2 is 1.80 bits per heavy atom. The number of rotatable bonds is 6. The van der Waals surface area contributed by atoms with Gasteiger partial charge in [0.2, 0.25) is 5.91 Å². The molecule has 5 heterocycles. The summed E-state index contributed by atoms with van der Waals surface area (Å²) in [6.45, 7) is 10.7. The highest BCUT2D eigenvalue weighted by atomic mass is 19.1. The van der Waals surface area contributed by atoms with Crippen molar-refractivity contribution in [3.05, 3.63) is 60.4 Å². The van der Waals surface area contributed by atoms with Gasteiger partial charge < -0.3 is 14.8 Å². The van der Waals surface area contributed by atoms with Gasteiger partial charge in [0, 0.05) is 48.7 Å². The van der Waals surface area contributed by atoms with Crippen molar-refractivity contribution in [1.82, 2.24) is 24.4 Å². The highest BCUT2D eigenvalue weighted by Gasteiger charge is 2.51. The number of benzene rings is 1. The molecular formula is C35H40FN7O. The fraction of sp³-hybridized carbons (Fsp3) is 0.486. The van der Waals surface area contributed by atoms with E-state index in [1.165, 1.54) is 38.5 Å². The lowest BCUT2D eigenvalue weighted by atomic mass is 9.81. The molecule has 2 aliphatic carbocycles. The number of carbonyl (C=O) groups is 1. The number of fused-ring (bicyclic) bond motifs is 4. The van der Waals surface area contributed by atoms with E-state index in [0.29, 0.717) is 17.5 Å². The molecule has 44 heavy (non-hydrogen) atoms. The van der Waals surface area contributed by atoms with E-state index in [1.807, 2.05) is 24.5 Å². The summed E-state index contributed by atoms with van der Waals surface area (Å²) in [5, 5.41) is 3.21. The summed E-state index contributed by atoms with van der Waals surface area (Å²) in [7, 11) is 0. The van der Waals surface area contributed by atoms with Crippen LogP contribution in [-0.4, -0.2) is 55.5 Å². The zero-order valence-electron chi connectivity index (χ0n) is 25.9. The summed E-state index contributed by atoms with van der Waals surface area (Å²) in [6, 6.07) is 10.8. The standard InChI is InChI=1S/C35H40FN7O/c1-20(2)42-19-38-30-15-29(40-33(32(30)42)39-28-9-10-37-16-27(28)36)23-7-8-26-31(12-23)43(34(44)35(26,3)4)25-13-24(14-25)41-17-21-5-6-22(11-21)18-41/h7-10,12,15-16,19-22,24-25H,5-6,11,13-14,17-18H2,1-4H3,(H,37,39,40). The summed E-state index contributed by atoms with van der Waals surface area (Å²) < 4.78 is 16.7. The van der Waals surface area contributed by atoms with Crippen LogP contribution in [0.4, 0.5) is 21.6 Å². The van der Waals surface area contributed by atoms with Crippen LogP contribution in [0.1, 0.15) is 71.4 Å². The molecule has 2 unspecified atom stereocenters. The maximum atomic E-state index is 14.7. The summed E-state index contributed by atoms with van der Waals surface area (Å²) in [5.41, 5.74) is 4.98. The summed E-state index contributed by atoms with van der Waals surface area (Å²) >= 11 is 0. The second-order valence-electron chi connectivity index (χ2n) is 14.3.